The standard InChI is InChI=1S/C25H29N5O/c1-18-5-4-8-21(13-18)28-24-14-25(27-17-26-24)30-12-10-22(23(31)16-30)29-11-9-19-6-2-3-7-20(19)15-29/h2-8,13-14,17,22-23,31H,9-12,15-16H2,1H3,(H,26,27,28)/t22?,23-/m0/s1. The molecule has 0 aliphatic carbocycles. The molecule has 2 aliphatic rings. The van der Waals surface area contributed by atoms with Crippen molar-refractivity contribution in [3.63, 3.8) is 0 Å². The van der Waals surface area contributed by atoms with Crippen LogP contribution in [0.5, 0.6) is 0 Å². The molecule has 1 aromatic heterocycles. The molecule has 6 nitrogen and oxygen atoms in total. The summed E-state index contributed by atoms with van der Waals surface area (Å²) in [5, 5.41) is 14.4. The van der Waals surface area contributed by atoms with Gasteiger partial charge in [0.15, 0.2) is 0 Å². The van der Waals surface area contributed by atoms with E-state index in [0.29, 0.717) is 6.54 Å². The highest BCUT2D eigenvalue weighted by molar-refractivity contribution is 5.60. The number of hydrogen-bond donors (Lipinski definition) is 2. The summed E-state index contributed by atoms with van der Waals surface area (Å²) in [6.45, 7) is 5.47. The molecule has 3 heterocycles. The van der Waals surface area contributed by atoms with Crippen LogP contribution >= 0.6 is 0 Å². The first-order valence-electron chi connectivity index (χ1n) is 11.1. The summed E-state index contributed by atoms with van der Waals surface area (Å²) < 4.78 is 0. The first-order chi connectivity index (χ1) is 15.2. The molecule has 0 bridgehead atoms. The van der Waals surface area contributed by atoms with Crippen molar-refractivity contribution in [2.75, 3.05) is 29.9 Å². The van der Waals surface area contributed by atoms with E-state index in [0.717, 1.165) is 49.8 Å². The Morgan fingerprint density at radius 3 is 2.71 bits per heavy atom. The zero-order valence-electron chi connectivity index (χ0n) is 17.9. The number of aliphatic hydroxyl groups excluding tert-OH is 1. The number of rotatable bonds is 4. The maximum Gasteiger partial charge on any atom is 0.135 e. The summed E-state index contributed by atoms with van der Waals surface area (Å²) in [4.78, 5) is 13.5. The topological polar surface area (TPSA) is 64.5 Å². The van der Waals surface area contributed by atoms with Crippen LogP contribution < -0.4 is 10.2 Å². The molecule has 0 spiro atoms. The van der Waals surface area contributed by atoms with E-state index in [1.807, 2.05) is 18.2 Å². The van der Waals surface area contributed by atoms with Crippen LogP contribution in [0, 0.1) is 6.92 Å². The fraction of sp³-hybridized carbons (Fsp3) is 0.360. The molecule has 2 N–H and O–H groups in total. The highest BCUT2D eigenvalue weighted by Gasteiger charge is 2.34. The summed E-state index contributed by atoms with van der Waals surface area (Å²) in [7, 11) is 0. The predicted molar refractivity (Wildman–Crippen MR) is 124 cm³/mol. The molecule has 0 amide bonds. The molecule has 0 radical (unpaired) electrons. The Balaban J connectivity index is 1.25. The molecule has 3 aromatic rings. The Bertz CT molecular complexity index is 1060. The normalized spacial score (nSPS) is 21.5. The lowest BCUT2D eigenvalue weighted by molar-refractivity contribution is 0.0293. The number of fused-ring (bicyclic) bond motifs is 1. The second-order valence-electron chi connectivity index (χ2n) is 8.61. The predicted octanol–water partition coefficient (Wildman–Crippen LogP) is 3.53. The number of nitrogens with zero attached hydrogens (tertiary/aromatic N) is 4. The molecule has 2 aliphatic heterocycles. The quantitative estimate of drug-likeness (QED) is 0.680. The van der Waals surface area contributed by atoms with Gasteiger partial charge in [-0.1, -0.05) is 36.4 Å². The zero-order chi connectivity index (χ0) is 21.2. The number of β-amino-alcohol motifs (C(OH)–C–C–N with tert-alkyl or cyclic N) is 1. The van der Waals surface area contributed by atoms with Crippen LogP contribution in [0.2, 0.25) is 0 Å². The van der Waals surface area contributed by atoms with E-state index in [1.165, 1.54) is 16.7 Å². The van der Waals surface area contributed by atoms with Crippen LogP contribution in [-0.2, 0) is 13.0 Å². The number of nitrogens with one attached hydrogen (secondary N) is 1. The number of benzene rings is 2. The summed E-state index contributed by atoms with van der Waals surface area (Å²) in [6.07, 6.45) is 3.17. The zero-order valence-corrected chi connectivity index (χ0v) is 17.9. The van der Waals surface area contributed by atoms with Crippen molar-refractivity contribution in [3.8, 4) is 0 Å². The average molecular weight is 416 g/mol. The van der Waals surface area contributed by atoms with Gasteiger partial charge in [-0.25, -0.2) is 9.97 Å². The minimum absolute atomic E-state index is 0.191. The Morgan fingerprint density at radius 2 is 1.87 bits per heavy atom. The summed E-state index contributed by atoms with van der Waals surface area (Å²) >= 11 is 0. The van der Waals surface area contributed by atoms with Crippen LogP contribution in [-0.4, -0.2) is 51.8 Å². The maximum atomic E-state index is 11.0. The second kappa shape index (κ2) is 8.65. The molecule has 1 fully saturated rings. The van der Waals surface area contributed by atoms with E-state index in [1.54, 1.807) is 6.33 Å². The van der Waals surface area contributed by atoms with Gasteiger partial charge in [-0.3, -0.25) is 4.90 Å². The van der Waals surface area contributed by atoms with Gasteiger partial charge in [0.2, 0.25) is 0 Å². The van der Waals surface area contributed by atoms with Gasteiger partial charge < -0.3 is 15.3 Å². The average Bonchev–Trinajstić information content (AvgIpc) is 2.79. The SMILES string of the molecule is Cc1cccc(Nc2cc(N3CCC(N4CCc5ccccc5C4)[C@@H](O)C3)ncn2)c1. The van der Waals surface area contributed by atoms with E-state index in [4.69, 9.17) is 0 Å². The summed E-state index contributed by atoms with van der Waals surface area (Å²) in [6, 6.07) is 19.0. The van der Waals surface area contributed by atoms with Crippen molar-refractivity contribution in [3.05, 3.63) is 77.6 Å². The fourth-order valence-corrected chi connectivity index (χ4v) is 4.81. The van der Waals surface area contributed by atoms with Crippen LogP contribution in [0.3, 0.4) is 0 Å². The van der Waals surface area contributed by atoms with Crippen molar-refractivity contribution >= 4 is 17.3 Å². The smallest absolute Gasteiger partial charge is 0.135 e. The van der Waals surface area contributed by atoms with Gasteiger partial charge in [0.1, 0.15) is 18.0 Å². The minimum Gasteiger partial charge on any atom is -0.390 e. The summed E-state index contributed by atoms with van der Waals surface area (Å²) in [5.41, 5.74) is 5.05. The van der Waals surface area contributed by atoms with Gasteiger partial charge in [0.05, 0.1) is 6.10 Å². The third-order valence-corrected chi connectivity index (χ3v) is 6.44. The number of hydrogen-bond acceptors (Lipinski definition) is 6. The number of aryl methyl sites for hydroxylation is 1. The Kier molecular flexibility index (Phi) is 5.57. The van der Waals surface area contributed by atoms with Crippen molar-refractivity contribution in [2.45, 2.75) is 38.5 Å². The van der Waals surface area contributed by atoms with Crippen LogP contribution in [0.15, 0.2) is 60.9 Å². The molecule has 6 heteroatoms. The van der Waals surface area contributed by atoms with Crippen LogP contribution in [0.25, 0.3) is 0 Å². The Morgan fingerprint density at radius 1 is 1.00 bits per heavy atom. The van der Waals surface area contributed by atoms with Crippen molar-refractivity contribution in [1.82, 2.24) is 14.9 Å². The monoisotopic (exact) mass is 415 g/mol. The molecular formula is C25H29N5O. The molecule has 160 valence electrons. The lowest BCUT2D eigenvalue weighted by atomic mass is 9.94. The first-order valence-corrected chi connectivity index (χ1v) is 11.1. The Labute approximate surface area is 183 Å². The molecule has 5 rings (SSSR count). The van der Waals surface area contributed by atoms with Crippen molar-refractivity contribution in [1.29, 1.82) is 0 Å². The third-order valence-electron chi connectivity index (χ3n) is 6.44. The van der Waals surface area contributed by atoms with Crippen LogP contribution in [0.4, 0.5) is 17.3 Å². The fourth-order valence-electron chi connectivity index (χ4n) is 4.81. The van der Waals surface area contributed by atoms with E-state index in [2.05, 4.69) is 68.4 Å². The third kappa shape index (κ3) is 4.40. The molecule has 31 heavy (non-hydrogen) atoms. The second-order valence-corrected chi connectivity index (χ2v) is 8.61. The highest BCUT2D eigenvalue weighted by Crippen LogP contribution is 2.27. The number of aromatic nitrogens is 2. The largest absolute Gasteiger partial charge is 0.390 e. The van der Waals surface area contributed by atoms with E-state index in [-0.39, 0.29) is 6.04 Å². The van der Waals surface area contributed by atoms with E-state index in [9.17, 15) is 5.11 Å². The van der Waals surface area contributed by atoms with Crippen LogP contribution in [0.1, 0.15) is 23.1 Å². The number of anilines is 3. The number of piperidine rings is 1. The lowest BCUT2D eigenvalue weighted by Crippen LogP contribution is -2.55. The molecule has 1 unspecified atom stereocenters. The van der Waals surface area contributed by atoms with Crippen molar-refractivity contribution in [2.24, 2.45) is 0 Å². The summed E-state index contributed by atoms with van der Waals surface area (Å²) in [5.74, 6) is 1.62. The minimum atomic E-state index is -0.401. The maximum absolute atomic E-state index is 11.0. The Hall–Kier alpha value is -2.96. The first kappa shape index (κ1) is 20.0. The van der Waals surface area contributed by atoms with E-state index < -0.39 is 6.10 Å². The van der Waals surface area contributed by atoms with Gasteiger partial charge in [0, 0.05) is 44.0 Å². The molecule has 1 saturated heterocycles. The molecule has 0 saturated carbocycles. The lowest BCUT2D eigenvalue weighted by Gasteiger charge is -2.43. The van der Waals surface area contributed by atoms with Crippen molar-refractivity contribution < 1.29 is 5.11 Å². The molecular weight excluding hydrogens is 386 g/mol. The number of aliphatic hydroxyl groups is 1. The van der Waals surface area contributed by atoms with E-state index >= 15 is 0 Å². The molecule has 2 atom stereocenters. The highest BCUT2D eigenvalue weighted by atomic mass is 16.3. The van der Waals surface area contributed by atoms with Gasteiger partial charge in [-0.15, -0.1) is 0 Å². The van der Waals surface area contributed by atoms with Gasteiger partial charge in [-0.05, 0) is 48.6 Å². The van der Waals surface area contributed by atoms with Gasteiger partial charge in [0.25, 0.3) is 0 Å². The van der Waals surface area contributed by atoms with Gasteiger partial charge in [-0.2, -0.15) is 0 Å². The van der Waals surface area contributed by atoms with Gasteiger partial charge >= 0.3 is 0 Å². The molecule has 2 aromatic carbocycles.